The van der Waals surface area contributed by atoms with Crippen LogP contribution in [-0.4, -0.2) is 29.5 Å². The molecular weight excluding hydrogens is 272 g/mol. The highest BCUT2D eigenvalue weighted by atomic mass is 79.9. The molecule has 6 heteroatoms. The van der Waals surface area contributed by atoms with Gasteiger partial charge in [-0.3, -0.25) is 0 Å². The largest absolute Gasteiger partial charge is 0.394 e. The van der Waals surface area contributed by atoms with E-state index in [-0.39, 0.29) is 12.2 Å². The van der Waals surface area contributed by atoms with Crippen molar-refractivity contribution in [2.75, 3.05) is 18.5 Å². The fourth-order valence-corrected chi connectivity index (χ4v) is 1.40. The van der Waals surface area contributed by atoms with Crippen molar-refractivity contribution in [1.82, 2.24) is 0 Å². The Morgan fingerprint density at radius 3 is 2.33 bits per heavy atom. The quantitative estimate of drug-likeness (QED) is 0.784. The predicted molar refractivity (Wildman–Crippen MR) is 55.6 cm³/mol. The summed E-state index contributed by atoms with van der Waals surface area (Å²) in [5.74, 6) is -1.51. The minimum atomic E-state index is -1.05. The minimum absolute atomic E-state index is 0.119. The van der Waals surface area contributed by atoms with E-state index in [1.165, 1.54) is 0 Å². The Balaban J connectivity index is 2.77. The third kappa shape index (κ3) is 3.40. The molecule has 1 aromatic carbocycles. The number of hydrogen-bond donors (Lipinski definition) is 3. The molecular formula is C9H10BrF2NO2. The van der Waals surface area contributed by atoms with Gasteiger partial charge in [-0.2, -0.15) is 0 Å². The molecule has 15 heavy (non-hydrogen) atoms. The summed E-state index contributed by atoms with van der Waals surface area (Å²) in [6.45, 7) is -0.585. The van der Waals surface area contributed by atoms with E-state index in [0.29, 0.717) is 4.47 Å². The number of aliphatic hydroxyl groups excluding tert-OH is 2. The van der Waals surface area contributed by atoms with Crippen LogP contribution in [0.5, 0.6) is 0 Å². The number of anilines is 1. The monoisotopic (exact) mass is 281 g/mol. The van der Waals surface area contributed by atoms with E-state index < -0.39 is 24.3 Å². The van der Waals surface area contributed by atoms with Crippen molar-refractivity contribution in [3.8, 4) is 0 Å². The summed E-state index contributed by atoms with van der Waals surface area (Å²) in [6, 6.07) is 2.22. The van der Waals surface area contributed by atoms with Crippen LogP contribution < -0.4 is 5.32 Å². The Hall–Kier alpha value is -0.720. The number of aliphatic hydroxyl groups is 2. The van der Waals surface area contributed by atoms with Crippen molar-refractivity contribution in [2.24, 2.45) is 0 Å². The molecule has 0 aliphatic rings. The molecule has 3 N–H and O–H groups in total. The van der Waals surface area contributed by atoms with Crippen molar-refractivity contribution < 1.29 is 19.0 Å². The summed E-state index contributed by atoms with van der Waals surface area (Å²) in [4.78, 5) is 0. The predicted octanol–water partition coefficient (Wildman–Crippen LogP) is 1.49. The van der Waals surface area contributed by atoms with Gasteiger partial charge in [0.15, 0.2) is 0 Å². The smallest absolute Gasteiger partial charge is 0.150 e. The molecule has 1 atom stereocenters. The van der Waals surface area contributed by atoms with Gasteiger partial charge >= 0.3 is 0 Å². The highest BCUT2D eigenvalue weighted by Gasteiger charge is 2.11. The summed E-state index contributed by atoms with van der Waals surface area (Å²) < 4.78 is 26.7. The van der Waals surface area contributed by atoms with E-state index in [1.54, 1.807) is 0 Å². The third-order valence-corrected chi connectivity index (χ3v) is 2.19. The molecule has 0 saturated heterocycles. The Kier molecular flexibility index (Phi) is 4.44. The lowest BCUT2D eigenvalue weighted by Gasteiger charge is -2.11. The van der Waals surface area contributed by atoms with Gasteiger partial charge in [-0.25, -0.2) is 8.78 Å². The van der Waals surface area contributed by atoms with Crippen molar-refractivity contribution >= 4 is 21.6 Å². The third-order valence-electron chi connectivity index (χ3n) is 1.73. The second-order valence-corrected chi connectivity index (χ2v) is 3.88. The fourth-order valence-electron chi connectivity index (χ4n) is 0.996. The molecule has 0 aromatic heterocycles. The molecule has 0 aliphatic carbocycles. The van der Waals surface area contributed by atoms with Gasteiger partial charge in [-0.05, 0) is 12.1 Å². The van der Waals surface area contributed by atoms with Crippen LogP contribution in [0.4, 0.5) is 14.5 Å². The zero-order chi connectivity index (χ0) is 11.4. The van der Waals surface area contributed by atoms with E-state index in [0.717, 1.165) is 12.1 Å². The average molecular weight is 282 g/mol. The number of nitrogens with one attached hydrogen (secondary N) is 1. The highest BCUT2D eigenvalue weighted by molar-refractivity contribution is 9.10. The van der Waals surface area contributed by atoms with Gasteiger partial charge in [0.2, 0.25) is 0 Å². The molecule has 1 rings (SSSR count). The first-order chi connectivity index (χ1) is 7.04. The lowest BCUT2D eigenvalue weighted by atomic mass is 10.2. The number of benzene rings is 1. The second kappa shape index (κ2) is 5.39. The maximum absolute atomic E-state index is 13.2. The number of halogens is 3. The molecule has 0 spiro atoms. The van der Waals surface area contributed by atoms with Crippen LogP contribution in [0.1, 0.15) is 0 Å². The minimum Gasteiger partial charge on any atom is -0.394 e. The summed E-state index contributed by atoms with van der Waals surface area (Å²) in [5.41, 5.74) is -0.314. The Bertz CT molecular complexity index is 326. The van der Waals surface area contributed by atoms with E-state index in [4.69, 9.17) is 10.2 Å². The lowest BCUT2D eigenvalue weighted by Crippen LogP contribution is -2.23. The van der Waals surface area contributed by atoms with E-state index in [2.05, 4.69) is 21.2 Å². The molecule has 0 amide bonds. The van der Waals surface area contributed by atoms with Gasteiger partial charge in [0.25, 0.3) is 0 Å². The van der Waals surface area contributed by atoms with E-state index >= 15 is 0 Å². The fraction of sp³-hybridized carbons (Fsp3) is 0.333. The Labute approximate surface area is 93.9 Å². The lowest BCUT2D eigenvalue weighted by molar-refractivity contribution is 0.105. The molecule has 0 unspecified atom stereocenters. The van der Waals surface area contributed by atoms with Crippen molar-refractivity contribution in [1.29, 1.82) is 0 Å². The van der Waals surface area contributed by atoms with Crippen LogP contribution in [0.25, 0.3) is 0 Å². The van der Waals surface area contributed by atoms with Crippen LogP contribution in [0, 0.1) is 11.6 Å². The van der Waals surface area contributed by atoms with Gasteiger partial charge in [-0.15, -0.1) is 0 Å². The molecule has 0 saturated carbocycles. The average Bonchev–Trinajstić information content (AvgIpc) is 2.15. The van der Waals surface area contributed by atoms with Crippen LogP contribution in [-0.2, 0) is 0 Å². The first-order valence-corrected chi connectivity index (χ1v) is 5.01. The number of rotatable bonds is 4. The van der Waals surface area contributed by atoms with Crippen molar-refractivity contribution in [3.63, 3.8) is 0 Å². The molecule has 0 radical (unpaired) electrons. The molecule has 1 aromatic rings. The zero-order valence-electron chi connectivity index (χ0n) is 7.67. The summed E-state index contributed by atoms with van der Waals surface area (Å²) in [5, 5.41) is 19.9. The standard InChI is InChI=1S/C9H10BrF2NO2/c10-5-1-7(11)9(8(12)2-5)13-3-6(15)4-14/h1-2,6,13-15H,3-4H2/t6-/m0/s1. The second-order valence-electron chi connectivity index (χ2n) is 2.96. The van der Waals surface area contributed by atoms with Crippen molar-refractivity contribution in [3.05, 3.63) is 28.2 Å². The van der Waals surface area contributed by atoms with Crippen LogP contribution >= 0.6 is 15.9 Å². The SMILES string of the molecule is OC[C@@H](O)CNc1c(F)cc(Br)cc1F. The van der Waals surface area contributed by atoms with Gasteiger partial charge in [0, 0.05) is 11.0 Å². The van der Waals surface area contributed by atoms with Crippen molar-refractivity contribution in [2.45, 2.75) is 6.10 Å². The summed E-state index contributed by atoms with van der Waals surface area (Å²) in [6.07, 6.45) is -1.05. The normalized spacial score (nSPS) is 12.6. The van der Waals surface area contributed by atoms with E-state index in [1.807, 2.05) is 0 Å². The molecule has 0 fully saturated rings. The maximum Gasteiger partial charge on any atom is 0.150 e. The Morgan fingerprint density at radius 2 is 1.87 bits per heavy atom. The molecule has 0 bridgehead atoms. The number of hydrogen-bond acceptors (Lipinski definition) is 3. The summed E-state index contributed by atoms with van der Waals surface area (Å²) >= 11 is 2.94. The highest BCUT2D eigenvalue weighted by Crippen LogP contribution is 2.23. The molecule has 84 valence electrons. The molecule has 3 nitrogen and oxygen atoms in total. The van der Waals surface area contributed by atoms with Crippen LogP contribution in [0.15, 0.2) is 16.6 Å². The van der Waals surface area contributed by atoms with Crippen LogP contribution in [0.2, 0.25) is 0 Å². The Morgan fingerprint density at radius 1 is 1.33 bits per heavy atom. The van der Waals surface area contributed by atoms with Gasteiger partial charge in [0.1, 0.15) is 17.3 Å². The van der Waals surface area contributed by atoms with Gasteiger partial charge in [0.05, 0.1) is 12.7 Å². The van der Waals surface area contributed by atoms with Gasteiger partial charge < -0.3 is 15.5 Å². The zero-order valence-corrected chi connectivity index (χ0v) is 9.26. The molecule has 0 heterocycles. The van der Waals surface area contributed by atoms with Crippen LogP contribution in [0.3, 0.4) is 0 Å². The topological polar surface area (TPSA) is 52.5 Å². The first-order valence-electron chi connectivity index (χ1n) is 4.22. The van der Waals surface area contributed by atoms with E-state index in [9.17, 15) is 8.78 Å². The van der Waals surface area contributed by atoms with Gasteiger partial charge in [-0.1, -0.05) is 15.9 Å². The summed E-state index contributed by atoms with van der Waals surface area (Å²) in [7, 11) is 0. The molecule has 0 aliphatic heterocycles. The maximum atomic E-state index is 13.2. The first kappa shape index (κ1) is 12.4.